The van der Waals surface area contributed by atoms with Crippen molar-refractivity contribution in [3.05, 3.63) is 41.2 Å². The van der Waals surface area contributed by atoms with Crippen LogP contribution >= 0.6 is 0 Å². The first kappa shape index (κ1) is 15.3. The second-order valence-electron chi connectivity index (χ2n) is 3.81. The molecule has 1 aromatic carbocycles. The van der Waals surface area contributed by atoms with E-state index in [9.17, 15) is 9.18 Å². The van der Waals surface area contributed by atoms with Crippen LogP contribution in [0.5, 0.6) is 0 Å². The number of aliphatic carboxylic acids is 1. The molecule has 0 aromatic heterocycles. The fraction of sp³-hybridized carbons (Fsp3) is 0.357. The van der Waals surface area contributed by atoms with E-state index in [4.69, 9.17) is 14.6 Å². The minimum absolute atomic E-state index is 0.263. The van der Waals surface area contributed by atoms with E-state index in [2.05, 4.69) is 0 Å². The Bertz CT molecular complexity index is 443. The summed E-state index contributed by atoms with van der Waals surface area (Å²) in [4.78, 5) is 10.4. The first-order valence-electron chi connectivity index (χ1n) is 5.97. The Morgan fingerprint density at radius 1 is 1.32 bits per heavy atom. The largest absolute Gasteiger partial charge is 0.478 e. The highest BCUT2D eigenvalue weighted by molar-refractivity contribution is 5.85. The molecule has 0 saturated carbocycles. The number of carboxylic acids is 1. The highest BCUT2D eigenvalue weighted by Gasteiger charge is 2.00. The van der Waals surface area contributed by atoms with Crippen LogP contribution < -0.4 is 0 Å². The van der Waals surface area contributed by atoms with Crippen molar-refractivity contribution in [3.8, 4) is 0 Å². The quantitative estimate of drug-likeness (QED) is 0.581. The van der Waals surface area contributed by atoms with Gasteiger partial charge in [-0.15, -0.1) is 0 Å². The van der Waals surface area contributed by atoms with Gasteiger partial charge in [0.25, 0.3) is 0 Å². The number of halogens is 1. The third-order valence-electron chi connectivity index (χ3n) is 2.24. The van der Waals surface area contributed by atoms with Crippen molar-refractivity contribution in [1.82, 2.24) is 0 Å². The highest BCUT2D eigenvalue weighted by Crippen LogP contribution is 2.12. The van der Waals surface area contributed by atoms with Gasteiger partial charge in [-0.25, -0.2) is 9.18 Å². The molecule has 1 rings (SSSR count). The molecular formula is C14H17FO4. The molecule has 5 heteroatoms. The average molecular weight is 268 g/mol. The van der Waals surface area contributed by atoms with Crippen molar-refractivity contribution < 1.29 is 23.8 Å². The lowest BCUT2D eigenvalue weighted by Gasteiger charge is -2.06. The molecule has 0 bridgehead atoms. The van der Waals surface area contributed by atoms with Gasteiger partial charge in [-0.2, -0.15) is 0 Å². The van der Waals surface area contributed by atoms with Gasteiger partial charge in [0.05, 0.1) is 19.8 Å². The molecule has 0 radical (unpaired) electrons. The van der Waals surface area contributed by atoms with Crippen molar-refractivity contribution in [1.29, 1.82) is 0 Å². The van der Waals surface area contributed by atoms with E-state index < -0.39 is 11.8 Å². The summed E-state index contributed by atoms with van der Waals surface area (Å²) >= 11 is 0. The van der Waals surface area contributed by atoms with Crippen LogP contribution in [0.2, 0.25) is 0 Å². The summed E-state index contributed by atoms with van der Waals surface area (Å²) in [5, 5.41) is 8.52. The summed E-state index contributed by atoms with van der Waals surface area (Å²) in [6.45, 7) is 3.72. The lowest BCUT2D eigenvalue weighted by Crippen LogP contribution is -2.04. The third kappa shape index (κ3) is 6.69. The standard InChI is InChI=1S/C14H17FO4/c1-2-18-5-6-19-10-12-7-11(3-4-14(16)17)8-13(15)9-12/h3-4,7-9H,2,5-6,10H2,1H3,(H,16,17). The topological polar surface area (TPSA) is 55.8 Å². The Kier molecular flexibility index (Phi) is 6.78. The maximum Gasteiger partial charge on any atom is 0.328 e. The van der Waals surface area contributed by atoms with E-state index in [0.717, 1.165) is 6.08 Å². The van der Waals surface area contributed by atoms with Gasteiger partial charge in [0, 0.05) is 12.7 Å². The maximum absolute atomic E-state index is 13.3. The van der Waals surface area contributed by atoms with Gasteiger partial charge in [-0.1, -0.05) is 0 Å². The van der Waals surface area contributed by atoms with Gasteiger partial charge in [0.2, 0.25) is 0 Å². The van der Waals surface area contributed by atoms with Crippen LogP contribution in [0, 0.1) is 5.82 Å². The van der Waals surface area contributed by atoms with Crippen LogP contribution in [0.1, 0.15) is 18.1 Å². The van der Waals surface area contributed by atoms with Gasteiger partial charge in [0.1, 0.15) is 5.82 Å². The molecule has 0 spiro atoms. The van der Waals surface area contributed by atoms with Crippen LogP contribution in [0.4, 0.5) is 4.39 Å². The second kappa shape index (κ2) is 8.39. The summed E-state index contributed by atoms with van der Waals surface area (Å²) in [5.74, 6) is -1.49. The Morgan fingerprint density at radius 2 is 2.05 bits per heavy atom. The molecule has 0 heterocycles. The van der Waals surface area contributed by atoms with Crippen molar-refractivity contribution in [3.63, 3.8) is 0 Å². The van der Waals surface area contributed by atoms with Gasteiger partial charge < -0.3 is 14.6 Å². The Morgan fingerprint density at radius 3 is 2.74 bits per heavy atom. The number of rotatable bonds is 8. The lowest BCUT2D eigenvalue weighted by atomic mass is 10.1. The predicted molar refractivity (Wildman–Crippen MR) is 69.2 cm³/mol. The Hall–Kier alpha value is -1.72. The molecule has 1 N–H and O–H groups in total. The zero-order chi connectivity index (χ0) is 14.1. The minimum Gasteiger partial charge on any atom is -0.478 e. The number of ether oxygens (including phenoxy) is 2. The zero-order valence-electron chi connectivity index (χ0n) is 10.8. The first-order valence-corrected chi connectivity index (χ1v) is 5.97. The van der Waals surface area contributed by atoms with Crippen molar-refractivity contribution in [2.45, 2.75) is 13.5 Å². The number of carboxylic acid groups (broad SMARTS) is 1. The van der Waals surface area contributed by atoms with Crippen LogP contribution in [0.25, 0.3) is 6.08 Å². The van der Waals surface area contributed by atoms with E-state index in [1.54, 1.807) is 6.07 Å². The summed E-state index contributed by atoms with van der Waals surface area (Å²) in [6, 6.07) is 4.31. The Labute approximate surface area is 111 Å². The number of hydrogen-bond donors (Lipinski definition) is 1. The van der Waals surface area contributed by atoms with Crippen molar-refractivity contribution >= 4 is 12.0 Å². The zero-order valence-corrected chi connectivity index (χ0v) is 10.8. The number of hydrogen-bond acceptors (Lipinski definition) is 3. The molecule has 104 valence electrons. The normalized spacial score (nSPS) is 11.1. The molecule has 0 atom stereocenters. The molecule has 0 aliphatic carbocycles. The molecule has 0 fully saturated rings. The van der Waals surface area contributed by atoms with Crippen LogP contribution in [-0.4, -0.2) is 30.9 Å². The smallest absolute Gasteiger partial charge is 0.328 e. The van der Waals surface area contributed by atoms with E-state index in [-0.39, 0.29) is 6.61 Å². The molecular weight excluding hydrogens is 251 g/mol. The van der Waals surface area contributed by atoms with Crippen LogP contribution in [-0.2, 0) is 20.9 Å². The summed E-state index contributed by atoms with van der Waals surface area (Å²) in [6.07, 6.45) is 2.31. The molecule has 0 saturated heterocycles. The number of benzene rings is 1. The molecule has 0 unspecified atom stereocenters. The van der Waals surface area contributed by atoms with Crippen LogP contribution in [0.3, 0.4) is 0 Å². The minimum atomic E-state index is -1.07. The summed E-state index contributed by atoms with van der Waals surface area (Å²) in [5.41, 5.74) is 1.15. The molecule has 0 aliphatic rings. The van der Waals surface area contributed by atoms with Gasteiger partial charge in [-0.05, 0) is 42.3 Å². The van der Waals surface area contributed by atoms with Crippen molar-refractivity contribution in [2.75, 3.05) is 19.8 Å². The van der Waals surface area contributed by atoms with Gasteiger partial charge in [-0.3, -0.25) is 0 Å². The third-order valence-corrected chi connectivity index (χ3v) is 2.24. The molecule has 0 aliphatic heterocycles. The van der Waals surface area contributed by atoms with E-state index >= 15 is 0 Å². The molecule has 0 amide bonds. The van der Waals surface area contributed by atoms with Crippen LogP contribution in [0.15, 0.2) is 24.3 Å². The molecule has 1 aromatic rings. The summed E-state index contributed by atoms with van der Waals surface area (Å²) in [7, 11) is 0. The molecule has 4 nitrogen and oxygen atoms in total. The SMILES string of the molecule is CCOCCOCc1cc(F)cc(C=CC(=O)O)c1. The maximum atomic E-state index is 13.3. The van der Waals surface area contributed by atoms with Crippen molar-refractivity contribution in [2.24, 2.45) is 0 Å². The highest BCUT2D eigenvalue weighted by atomic mass is 19.1. The van der Waals surface area contributed by atoms with Gasteiger partial charge >= 0.3 is 5.97 Å². The molecule has 19 heavy (non-hydrogen) atoms. The average Bonchev–Trinajstić information content (AvgIpc) is 2.35. The monoisotopic (exact) mass is 268 g/mol. The first-order chi connectivity index (χ1) is 9.11. The van der Waals surface area contributed by atoms with E-state index in [0.29, 0.717) is 30.9 Å². The van der Waals surface area contributed by atoms with E-state index in [1.807, 2.05) is 6.92 Å². The van der Waals surface area contributed by atoms with E-state index in [1.165, 1.54) is 18.2 Å². The fourth-order valence-corrected chi connectivity index (χ4v) is 1.47. The second-order valence-corrected chi connectivity index (χ2v) is 3.81. The Balaban J connectivity index is 2.56. The summed E-state index contributed by atoms with van der Waals surface area (Å²) < 4.78 is 23.8. The van der Waals surface area contributed by atoms with Gasteiger partial charge in [0.15, 0.2) is 0 Å². The predicted octanol–water partition coefficient (Wildman–Crippen LogP) is 2.48. The lowest BCUT2D eigenvalue weighted by molar-refractivity contribution is -0.131. The number of carbonyl (C=O) groups is 1. The fourth-order valence-electron chi connectivity index (χ4n) is 1.47.